The molecule has 2 aromatic carbocycles. The highest BCUT2D eigenvalue weighted by Crippen LogP contribution is 2.32. The molecule has 0 bridgehead atoms. The lowest BCUT2D eigenvalue weighted by Crippen LogP contribution is -2.40. The number of fused-ring (bicyclic) bond motifs is 1. The van der Waals surface area contributed by atoms with Gasteiger partial charge in [0.1, 0.15) is 4.90 Å². The van der Waals surface area contributed by atoms with Crippen LogP contribution in [0.15, 0.2) is 63.9 Å². The van der Waals surface area contributed by atoms with Crippen molar-refractivity contribution in [1.29, 1.82) is 0 Å². The van der Waals surface area contributed by atoms with Crippen molar-refractivity contribution in [3.05, 3.63) is 65.7 Å². The standard InChI is InChI=1S/C20H21N3O3S/c1-22(20-16-10-5-6-12-18(16)27(25,26)21-20)14-19(24)23-13-7-11-17(23)15-8-3-2-4-9-15/h2-6,8-10,12,17H,7,11,13-14H2,1H3. The fourth-order valence-electron chi connectivity index (χ4n) is 3.82. The summed E-state index contributed by atoms with van der Waals surface area (Å²) < 4.78 is 28.4. The van der Waals surface area contributed by atoms with Crippen molar-refractivity contribution < 1.29 is 13.2 Å². The molecule has 27 heavy (non-hydrogen) atoms. The third kappa shape index (κ3) is 3.23. The Balaban J connectivity index is 1.54. The lowest BCUT2D eigenvalue weighted by molar-refractivity contribution is -0.132. The molecule has 1 atom stereocenters. The Kier molecular flexibility index (Phi) is 4.47. The summed E-state index contributed by atoms with van der Waals surface area (Å²) in [6, 6.07) is 16.8. The molecule has 2 aliphatic heterocycles. The first-order chi connectivity index (χ1) is 13.0. The molecular formula is C20H21N3O3S. The van der Waals surface area contributed by atoms with Crippen molar-refractivity contribution in [1.82, 2.24) is 9.80 Å². The van der Waals surface area contributed by atoms with E-state index in [9.17, 15) is 13.2 Å². The molecule has 0 saturated carbocycles. The zero-order valence-electron chi connectivity index (χ0n) is 15.1. The fourth-order valence-corrected chi connectivity index (χ4v) is 5.07. The van der Waals surface area contributed by atoms with E-state index < -0.39 is 10.0 Å². The molecule has 1 saturated heterocycles. The maximum atomic E-state index is 12.9. The number of benzene rings is 2. The third-order valence-corrected chi connectivity index (χ3v) is 6.43. The average molecular weight is 383 g/mol. The van der Waals surface area contributed by atoms with Crippen LogP contribution in [0.1, 0.15) is 30.0 Å². The molecule has 2 heterocycles. The van der Waals surface area contributed by atoms with Gasteiger partial charge in [-0.25, -0.2) is 0 Å². The molecule has 1 unspecified atom stereocenters. The summed E-state index contributed by atoms with van der Waals surface area (Å²) >= 11 is 0. The quantitative estimate of drug-likeness (QED) is 0.816. The van der Waals surface area contributed by atoms with Crippen molar-refractivity contribution in [3.8, 4) is 0 Å². The predicted octanol–water partition coefficient (Wildman–Crippen LogP) is 2.43. The highest BCUT2D eigenvalue weighted by atomic mass is 32.2. The van der Waals surface area contributed by atoms with Gasteiger partial charge in [0, 0.05) is 19.2 Å². The second-order valence-corrected chi connectivity index (χ2v) is 8.47. The Morgan fingerprint density at radius 1 is 1.15 bits per heavy atom. The Hall–Kier alpha value is -2.67. The molecule has 140 valence electrons. The summed E-state index contributed by atoms with van der Waals surface area (Å²) in [6.07, 6.45) is 1.91. The number of amidine groups is 1. The van der Waals surface area contributed by atoms with E-state index in [1.807, 2.05) is 35.2 Å². The van der Waals surface area contributed by atoms with Crippen LogP contribution in [-0.2, 0) is 14.8 Å². The van der Waals surface area contributed by atoms with Crippen LogP contribution in [-0.4, -0.2) is 50.1 Å². The van der Waals surface area contributed by atoms with Gasteiger partial charge < -0.3 is 9.80 Å². The van der Waals surface area contributed by atoms with Gasteiger partial charge in [-0.05, 0) is 30.5 Å². The van der Waals surface area contributed by atoms with Crippen molar-refractivity contribution in [2.24, 2.45) is 4.40 Å². The maximum Gasteiger partial charge on any atom is 0.285 e. The van der Waals surface area contributed by atoms with Gasteiger partial charge in [-0.2, -0.15) is 8.42 Å². The maximum absolute atomic E-state index is 12.9. The molecule has 0 N–H and O–H groups in total. The number of likely N-dealkylation sites (N-methyl/N-ethyl adjacent to an activating group) is 1. The molecule has 7 heteroatoms. The largest absolute Gasteiger partial charge is 0.349 e. The zero-order valence-corrected chi connectivity index (χ0v) is 15.9. The van der Waals surface area contributed by atoms with Crippen LogP contribution in [0.3, 0.4) is 0 Å². The van der Waals surface area contributed by atoms with Crippen molar-refractivity contribution in [2.75, 3.05) is 20.1 Å². The van der Waals surface area contributed by atoms with Gasteiger partial charge in [-0.15, -0.1) is 4.40 Å². The van der Waals surface area contributed by atoms with Crippen LogP contribution >= 0.6 is 0 Å². The predicted molar refractivity (Wildman–Crippen MR) is 103 cm³/mol. The summed E-state index contributed by atoms with van der Waals surface area (Å²) in [5.74, 6) is 0.308. The smallest absolute Gasteiger partial charge is 0.285 e. The molecule has 2 aromatic rings. The van der Waals surface area contributed by atoms with Gasteiger partial charge in [-0.3, -0.25) is 4.79 Å². The van der Waals surface area contributed by atoms with Crippen LogP contribution in [0.25, 0.3) is 0 Å². The van der Waals surface area contributed by atoms with Crippen LogP contribution in [0.2, 0.25) is 0 Å². The van der Waals surface area contributed by atoms with E-state index in [4.69, 9.17) is 0 Å². The second kappa shape index (κ2) is 6.81. The fraction of sp³-hybridized carbons (Fsp3) is 0.300. The lowest BCUT2D eigenvalue weighted by atomic mass is 10.0. The summed E-state index contributed by atoms with van der Waals surface area (Å²) in [5.41, 5.74) is 1.69. The van der Waals surface area contributed by atoms with E-state index in [0.717, 1.165) is 18.4 Å². The first kappa shape index (κ1) is 17.7. The number of sulfonamides is 1. The summed E-state index contributed by atoms with van der Waals surface area (Å²) in [4.78, 5) is 16.7. The Morgan fingerprint density at radius 3 is 2.63 bits per heavy atom. The first-order valence-electron chi connectivity index (χ1n) is 8.97. The van der Waals surface area contributed by atoms with Gasteiger partial charge in [0.05, 0.1) is 12.6 Å². The molecule has 0 spiro atoms. The van der Waals surface area contributed by atoms with Gasteiger partial charge in [-0.1, -0.05) is 42.5 Å². The van der Waals surface area contributed by atoms with E-state index in [1.54, 1.807) is 36.2 Å². The number of nitrogens with zero attached hydrogens (tertiary/aromatic N) is 3. The number of rotatable bonds is 3. The molecule has 0 radical (unpaired) electrons. The minimum absolute atomic E-state index is 0.0201. The molecule has 1 amide bonds. The summed E-state index contributed by atoms with van der Waals surface area (Å²) in [6.45, 7) is 0.805. The van der Waals surface area contributed by atoms with Crippen LogP contribution in [0.4, 0.5) is 0 Å². The number of likely N-dealkylation sites (tertiary alicyclic amines) is 1. The van der Waals surface area contributed by atoms with Gasteiger partial charge in [0.2, 0.25) is 5.91 Å². The van der Waals surface area contributed by atoms with Gasteiger partial charge in [0.15, 0.2) is 5.84 Å². The lowest BCUT2D eigenvalue weighted by Gasteiger charge is -2.28. The van der Waals surface area contributed by atoms with E-state index in [0.29, 0.717) is 17.9 Å². The Morgan fingerprint density at radius 2 is 1.85 bits per heavy atom. The molecule has 1 fully saturated rings. The second-order valence-electron chi connectivity index (χ2n) is 6.90. The van der Waals surface area contributed by atoms with E-state index in [-0.39, 0.29) is 23.4 Å². The van der Waals surface area contributed by atoms with Crippen LogP contribution < -0.4 is 0 Å². The van der Waals surface area contributed by atoms with Crippen molar-refractivity contribution in [3.63, 3.8) is 0 Å². The molecule has 0 aromatic heterocycles. The SMILES string of the molecule is CN(CC(=O)N1CCCC1c1ccccc1)C1=NS(=O)(=O)c2ccccc21. The first-order valence-corrected chi connectivity index (χ1v) is 10.4. The molecule has 2 aliphatic rings. The van der Waals surface area contributed by atoms with E-state index >= 15 is 0 Å². The molecular weight excluding hydrogens is 362 g/mol. The van der Waals surface area contributed by atoms with Crippen LogP contribution in [0.5, 0.6) is 0 Å². The number of carbonyl (C=O) groups excluding carboxylic acids is 1. The average Bonchev–Trinajstić information content (AvgIpc) is 3.26. The summed E-state index contributed by atoms with van der Waals surface area (Å²) in [7, 11) is -1.98. The number of amides is 1. The van der Waals surface area contributed by atoms with Crippen molar-refractivity contribution >= 4 is 21.8 Å². The number of hydrogen-bond donors (Lipinski definition) is 0. The zero-order chi connectivity index (χ0) is 19.0. The topological polar surface area (TPSA) is 70.1 Å². The van der Waals surface area contributed by atoms with E-state index in [1.165, 1.54) is 0 Å². The minimum atomic E-state index is -3.69. The monoisotopic (exact) mass is 383 g/mol. The van der Waals surface area contributed by atoms with Gasteiger partial charge in [0.25, 0.3) is 10.0 Å². The third-order valence-electron chi connectivity index (χ3n) is 5.10. The Labute approximate surface area is 159 Å². The Bertz CT molecular complexity index is 1000. The highest BCUT2D eigenvalue weighted by Gasteiger charge is 2.34. The summed E-state index contributed by atoms with van der Waals surface area (Å²) in [5, 5.41) is 0. The number of hydrogen-bond acceptors (Lipinski definition) is 4. The normalized spacial score (nSPS) is 20.3. The highest BCUT2D eigenvalue weighted by molar-refractivity contribution is 7.90. The van der Waals surface area contributed by atoms with Crippen molar-refractivity contribution in [2.45, 2.75) is 23.8 Å². The van der Waals surface area contributed by atoms with Crippen LogP contribution in [0, 0.1) is 0 Å². The molecule has 0 aliphatic carbocycles. The molecule has 4 rings (SSSR count). The molecule has 6 nitrogen and oxygen atoms in total. The minimum Gasteiger partial charge on any atom is -0.349 e. The van der Waals surface area contributed by atoms with E-state index in [2.05, 4.69) is 4.40 Å². The van der Waals surface area contributed by atoms with Gasteiger partial charge >= 0.3 is 0 Å². The number of carbonyl (C=O) groups is 1.